The van der Waals surface area contributed by atoms with Crippen molar-refractivity contribution in [2.24, 2.45) is 7.05 Å². The van der Waals surface area contributed by atoms with Crippen molar-refractivity contribution in [2.75, 3.05) is 13.6 Å². The second-order valence-electron chi connectivity index (χ2n) is 5.43. The van der Waals surface area contributed by atoms with Gasteiger partial charge in [-0.2, -0.15) is 4.31 Å². The zero-order valence-electron chi connectivity index (χ0n) is 11.6. The van der Waals surface area contributed by atoms with E-state index in [2.05, 4.69) is 4.98 Å². The molecule has 0 saturated heterocycles. The molecule has 0 unspecified atom stereocenters. The molecule has 1 aromatic heterocycles. The Morgan fingerprint density at radius 1 is 1.47 bits per heavy atom. The predicted octanol–water partition coefficient (Wildman–Crippen LogP) is 0.654. The summed E-state index contributed by atoms with van der Waals surface area (Å²) in [5, 5.41) is 10.3. The highest BCUT2D eigenvalue weighted by Crippen LogP contribution is 2.31. The summed E-state index contributed by atoms with van der Waals surface area (Å²) in [4.78, 5) is 4.05. The van der Waals surface area contributed by atoms with E-state index in [-0.39, 0.29) is 11.6 Å². The molecule has 1 fully saturated rings. The van der Waals surface area contributed by atoms with Gasteiger partial charge < -0.3 is 9.67 Å². The summed E-state index contributed by atoms with van der Waals surface area (Å²) < 4.78 is 27.6. The lowest BCUT2D eigenvalue weighted by Crippen LogP contribution is -2.42. The van der Waals surface area contributed by atoms with Gasteiger partial charge >= 0.3 is 0 Å². The molecule has 1 N–H and O–H groups in total. The summed E-state index contributed by atoms with van der Waals surface area (Å²) in [6, 6.07) is 0. The molecule has 0 spiro atoms. The minimum Gasteiger partial charge on any atom is -0.389 e. The van der Waals surface area contributed by atoms with E-state index in [9.17, 15) is 13.5 Å². The number of imidazole rings is 1. The molecule has 0 amide bonds. The summed E-state index contributed by atoms with van der Waals surface area (Å²) in [6.45, 7) is 1.88. The topological polar surface area (TPSA) is 75.4 Å². The van der Waals surface area contributed by atoms with Crippen LogP contribution in [0, 0.1) is 6.92 Å². The Hall–Kier alpha value is -0.920. The maximum atomic E-state index is 12.4. The van der Waals surface area contributed by atoms with Crippen molar-refractivity contribution in [1.82, 2.24) is 13.9 Å². The number of rotatable bonds is 4. The molecule has 0 atom stereocenters. The molecule has 1 heterocycles. The van der Waals surface area contributed by atoms with Crippen LogP contribution in [0.3, 0.4) is 0 Å². The average Bonchev–Trinajstić information content (AvgIpc) is 2.87. The number of aliphatic hydroxyl groups is 1. The fraction of sp³-hybridized carbons (Fsp3) is 0.750. The van der Waals surface area contributed by atoms with E-state index in [4.69, 9.17) is 0 Å². The molecule has 0 aromatic carbocycles. The van der Waals surface area contributed by atoms with Gasteiger partial charge in [0.15, 0.2) is 5.03 Å². The summed E-state index contributed by atoms with van der Waals surface area (Å²) in [5.41, 5.74) is -0.883. The number of hydrogen-bond donors (Lipinski definition) is 1. The smallest absolute Gasteiger partial charge is 0.261 e. The van der Waals surface area contributed by atoms with Crippen molar-refractivity contribution in [3.05, 3.63) is 12.0 Å². The van der Waals surface area contributed by atoms with Crippen LogP contribution in [0.25, 0.3) is 0 Å². The lowest BCUT2D eigenvalue weighted by atomic mass is 10.0. The summed E-state index contributed by atoms with van der Waals surface area (Å²) in [5.74, 6) is 0.645. The monoisotopic (exact) mass is 287 g/mol. The Morgan fingerprint density at radius 2 is 2.05 bits per heavy atom. The molecule has 2 rings (SSSR count). The molecule has 0 aliphatic heterocycles. The van der Waals surface area contributed by atoms with Crippen LogP contribution >= 0.6 is 0 Å². The molecule has 1 aliphatic rings. The maximum Gasteiger partial charge on any atom is 0.261 e. The zero-order valence-corrected chi connectivity index (χ0v) is 12.4. The lowest BCUT2D eigenvalue weighted by Gasteiger charge is -2.27. The lowest BCUT2D eigenvalue weighted by molar-refractivity contribution is 0.0333. The number of hydrogen-bond acceptors (Lipinski definition) is 4. The first-order valence-corrected chi connectivity index (χ1v) is 7.87. The van der Waals surface area contributed by atoms with E-state index >= 15 is 0 Å². The second kappa shape index (κ2) is 4.88. The minimum atomic E-state index is -3.62. The SMILES string of the molecule is Cc1nc(S(=O)(=O)N(C)CC2(O)CCCC2)cn1C. The van der Waals surface area contributed by atoms with Gasteiger partial charge in [-0.1, -0.05) is 12.8 Å². The molecule has 1 aromatic rings. The van der Waals surface area contributed by atoms with E-state index in [1.165, 1.54) is 17.5 Å². The maximum absolute atomic E-state index is 12.4. The predicted molar refractivity (Wildman–Crippen MR) is 71.2 cm³/mol. The van der Waals surface area contributed by atoms with Gasteiger partial charge in [-0.3, -0.25) is 0 Å². The van der Waals surface area contributed by atoms with Crippen molar-refractivity contribution in [3.8, 4) is 0 Å². The van der Waals surface area contributed by atoms with Gasteiger partial charge in [-0.25, -0.2) is 13.4 Å². The van der Waals surface area contributed by atoms with Crippen LogP contribution < -0.4 is 0 Å². The number of likely N-dealkylation sites (N-methyl/N-ethyl adjacent to an activating group) is 1. The Balaban J connectivity index is 2.19. The van der Waals surface area contributed by atoms with Crippen LogP contribution in [-0.2, 0) is 17.1 Å². The van der Waals surface area contributed by atoms with E-state index in [0.29, 0.717) is 18.7 Å². The molecule has 0 radical (unpaired) electrons. The molecule has 0 bridgehead atoms. The normalized spacial score (nSPS) is 19.2. The largest absolute Gasteiger partial charge is 0.389 e. The first-order chi connectivity index (χ1) is 8.74. The van der Waals surface area contributed by atoms with Gasteiger partial charge in [-0.05, 0) is 19.8 Å². The van der Waals surface area contributed by atoms with Crippen molar-refractivity contribution in [3.63, 3.8) is 0 Å². The molecule has 108 valence electrons. The third-order valence-corrected chi connectivity index (χ3v) is 5.49. The molecule has 7 heteroatoms. The highest BCUT2D eigenvalue weighted by Gasteiger charge is 2.36. The average molecular weight is 287 g/mol. The van der Waals surface area contributed by atoms with Crippen molar-refractivity contribution in [2.45, 2.75) is 43.2 Å². The standard InChI is InChI=1S/C12H21N3O3S/c1-10-13-11(8-14(10)2)19(17,18)15(3)9-12(16)6-4-5-7-12/h8,16H,4-7,9H2,1-3H3. The summed E-state index contributed by atoms with van der Waals surface area (Å²) in [6.07, 6.45) is 4.72. The van der Waals surface area contributed by atoms with Crippen LogP contribution in [0.5, 0.6) is 0 Å². The number of sulfonamides is 1. The molecular weight excluding hydrogens is 266 g/mol. The van der Waals surface area contributed by atoms with Gasteiger partial charge in [-0.15, -0.1) is 0 Å². The molecule has 1 saturated carbocycles. The fourth-order valence-electron chi connectivity index (χ4n) is 2.50. The Kier molecular flexibility index (Phi) is 3.72. The summed E-state index contributed by atoms with van der Waals surface area (Å²) in [7, 11) is -0.373. The van der Waals surface area contributed by atoms with Crippen LogP contribution in [0.2, 0.25) is 0 Å². The van der Waals surface area contributed by atoms with Gasteiger partial charge in [0, 0.05) is 26.8 Å². The number of aryl methyl sites for hydroxylation is 2. The van der Waals surface area contributed by atoms with Crippen LogP contribution in [-0.4, -0.2) is 46.6 Å². The quantitative estimate of drug-likeness (QED) is 0.882. The van der Waals surface area contributed by atoms with Crippen molar-refractivity contribution >= 4 is 10.0 Å². The molecular formula is C12H21N3O3S. The van der Waals surface area contributed by atoms with Crippen LogP contribution in [0.4, 0.5) is 0 Å². The van der Waals surface area contributed by atoms with Gasteiger partial charge in [0.05, 0.1) is 5.60 Å². The van der Waals surface area contributed by atoms with E-state index in [0.717, 1.165) is 12.8 Å². The summed E-state index contributed by atoms with van der Waals surface area (Å²) >= 11 is 0. The third-order valence-electron chi connectivity index (χ3n) is 3.81. The first-order valence-electron chi connectivity index (χ1n) is 6.43. The fourth-order valence-corrected chi connectivity index (χ4v) is 3.77. The third kappa shape index (κ3) is 2.82. The highest BCUT2D eigenvalue weighted by atomic mass is 32.2. The van der Waals surface area contributed by atoms with Gasteiger partial charge in [0.25, 0.3) is 10.0 Å². The molecule has 1 aliphatic carbocycles. The van der Waals surface area contributed by atoms with E-state index < -0.39 is 15.6 Å². The number of aromatic nitrogens is 2. The molecule has 19 heavy (non-hydrogen) atoms. The zero-order chi connectivity index (χ0) is 14.3. The Morgan fingerprint density at radius 3 is 2.53 bits per heavy atom. The Bertz CT molecular complexity index is 539. The van der Waals surface area contributed by atoms with Crippen LogP contribution in [0.1, 0.15) is 31.5 Å². The Labute approximate surface area is 114 Å². The minimum absolute atomic E-state index is 0.0385. The van der Waals surface area contributed by atoms with E-state index in [1.54, 1.807) is 18.5 Å². The van der Waals surface area contributed by atoms with Crippen LogP contribution in [0.15, 0.2) is 11.2 Å². The van der Waals surface area contributed by atoms with Gasteiger partial charge in [0.1, 0.15) is 5.82 Å². The second-order valence-corrected chi connectivity index (χ2v) is 7.42. The van der Waals surface area contributed by atoms with Crippen molar-refractivity contribution < 1.29 is 13.5 Å². The number of nitrogens with zero attached hydrogens (tertiary/aromatic N) is 3. The highest BCUT2D eigenvalue weighted by molar-refractivity contribution is 7.89. The van der Waals surface area contributed by atoms with E-state index in [1.807, 2.05) is 0 Å². The first kappa shape index (κ1) is 14.5. The molecule has 6 nitrogen and oxygen atoms in total. The van der Waals surface area contributed by atoms with Gasteiger partial charge in [0.2, 0.25) is 0 Å². The van der Waals surface area contributed by atoms with Crippen molar-refractivity contribution in [1.29, 1.82) is 0 Å².